The van der Waals surface area contributed by atoms with Crippen LogP contribution in [0.1, 0.15) is 43.9 Å². The summed E-state index contributed by atoms with van der Waals surface area (Å²) in [5.74, 6) is -0.905. The van der Waals surface area contributed by atoms with Crippen molar-refractivity contribution in [1.82, 2.24) is 10.2 Å². The summed E-state index contributed by atoms with van der Waals surface area (Å²) in [5.41, 5.74) is 5.22. The SMILES string of the molecule is CC(C)CC1(C)[NH+]=C(N)N(Cc2ccc(CNC(=O)Nc3ccc(F)c(C(F)(F)F)c3)cc2)C1=O. The molecule has 5 N–H and O–H groups in total. The van der Waals surface area contributed by atoms with Gasteiger partial charge in [-0.3, -0.25) is 15.5 Å². The van der Waals surface area contributed by atoms with Crippen LogP contribution in [0.5, 0.6) is 0 Å². The zero-order valence-corrected chi connectivity index (χ0v) is 19.6. The molecular formula is C24H28F4N5O2+. The molecule has 7 nitrogen and oxygen atoms in total. The van der Waals surface area contributed by atoms with E-state index in [0.717, 1.165) is 17.2 Å². The number of carbonyl (C=O) groups is 2. The minimum atomic E-state index is -4.87. The van der Waals surface area contributed by atoms with Crippen molar-refractivity contribution in [3.05, 3.63) is 65.0 Å². The van der Waals surface area contributed by atoms with Gasteiger partial charge in [0.2, 0.25) is 0 Å². The number of carbonyl (C=O) groups excluding carboxylic acids is 2. The molecule has 35 heavy (non-hydrogen) atoms. The number of guanidine groups is 1. The molecule has 0 bridgehead atoms. The second kappa shape index (κ2) is 9.93. The van der Waals surface area contributed by atoms with E-state index in [4.69, 9.17) is 5.73 Å². The van der Waals surface area contributed by atoms with Gasteiger partial charge in [0.25, 0.3) is 0 Å². The number of nitrogens with zero attached hydrogens (tertiary/aromatic N) is 1. The van der Waals surface area contributed by atoms with E-state index in [1.54, 1.807) is 24.3 Å². The van der Waals surface area contributed by atoms with E-state index >= 15 is 0 Å². The number of alkyl halides is 3. The van der Waals surface area contributed by atoms with Crippen LogP contribution in [-0.2, 0) is 24.1 Å². The van der Waals surface area contributed by atoms with E-state index in [0.29, 0.717) is 30.4 Å². The summed E-state index contributed by atoms with van der Waals surface area (Å²) in [6, 6.07) is 8.59. The lowest BCUT2D eigenvalue weighted by Crippen LogP contribution is -2.86. The number of hydrogen-bond donors (Lipinski definition) is 4. The molecule has 0 saturated carbocycles. The molecule has 3 rings (SSSR count). The summed E-state index contributed by atoms with van der Waals surface area (Å²) in [7, 11) is 0. The van der Waals surface area contributed by atoms with E-state index < -0.39 is 29.1 Å². The van der Waals surface area contributed by atoms with Crippen molar-refractivity contribution < 1.29 is 32.1 Å². The molecule has 0 saturated heterocycles. The van der Waals surface area contributed by atoms with Crippen LogP contribution in [0, 0.1) is 11.7 Å². The molecule has 0 fully saturated rings. The molecule has 2 aromatic carbocycles. The Bertz CT molecular complexity index is 1130. The summed E-state index contributed by atoms with van der Waals surface area (Å²) in [5, 5.41) is 4.79. The van der Waals surface area contributed by atoms with E-state index in [1.165, 1.54) is 4.90 Å². The Labute approximate surface area is 200 Å². The Balaban J connectivity index is 1.55. The number of amides is 3. The van der Waals surface area contributed by atoms with Crippen LogP contribution in [0.2, 0.25) is 0 Å². The summed E-state index contributed by atoms with van der Waals surface area (Å²) in [6.07, 6.45) is -4.23. The number of hydrogen-bond acceptors (Lipinski definition) is 3. The van der Waals surface area contributed by atoms with Crippen LogP contribution in [0.4, 0.5) is 28.0 Å². The predicted molar refractivity (Wildman–Crippen MR) is 122 cm³/mol. The zero-order valence-electron chi connectivity index (χ0n) is 19.6. The van der Waals surface area contributed by atoms with Gasteiger partial charge in [-0.1, -0.05) is 38.1 Å². The normalized spacial score (nSPS) is 18.1. The molecule has 188 valence electrons. The van der Waals surface area contributed by atoms with Gasteiger partial charge < -0.3 is 10.6 Å². The van der Waals surface area contributed by atoms with Crippen molar-refractivity contribution in [2.45, 2.75) is 52.0 Å². The molecule has 0 aliphatic carbocycles. The third kappa shape index (κ3) is 6.28. The number of halogens is 4. The van der Waals surface area contributed by atoms with Gasteiger partial charge in [0, 0.05) is 12.2 Å². The number of rotatable bonds is 7. The van der Waals surface area contributed by atoms with Crippen LogP contribution in [0.3, 0.4) is 0 Å². The maximum absolute atomic E-state index is 13.4. The van der Waals surface area contributed by atoms with Crippen molar-refractivity contribution in [2.24, 2.45) is 11.7 Å². The average Bonchev–Trinajstić information content (AvgIpc) is 2.96. The fourth-order valence-electron chi connectivity index (χ4n) is 4.05. The summed E-state index contributed by atoms with van der Waals surface area (Å²) in [4.78, 5) is 29.6. The summed E-state index contributed by atoms with van der Waals surface area (Å²) in [6.45, 7) is 6.28. The molecule has 1 aliphatic heterocycles. The number of nitrogens with two attached hydrogens (primary N) is 1. The second-order valence-electron chi connectivity index (χ2n) is 9.15. The Morgan fingerprint density at radius 3 is 2.37 bits per heavy atom. The van der Waals surface area contributed by atoms with E-state index in [2.05, 4.69) is 15.6 Å². The first kappa shape index (κ1) is 26.0. The lowest BCUT2D eigenvalue weighted by atomic mass is 9.91. The van der Waals surface area contributed by atoms with Gasteiger partial charge >= 0.3 is 24.1 Å². The first-order valence-electron chi connectivity index (χ1n) is 11.0. The minimum absolute atomic E-state index is 0.0967. The molecule has 1 unspecified atom stereocenters. The quantitative estimate of drug-likeness (QED) is 0.445. The highest BCUT2D eigenvalue weighted by atomic mass is 19.4. The smallest absolute Gasteiger partial charge is 0.334 e. The first-order chi connectivity index (χ1) is 16.3. The predicted octanol–water partition coefficient (Wildman–Crippen LogP) is 2.71. The molecule has 1 heterocycles. The second-order valence-corrected chi connectivity index (χ2v) is 9.15. The molecular weight excluding hydrogens is 466 g/mol. The standard InChI is InChI=1S/C24H27F4N5O2/c1-14(2)11-23(3)20(34)33(21(29)32-23)13-16-6-4-15(5-7-16)12-30-22(35)31-17-8-9-19(25)18(10-17)24(26,27)28/h4-10,14H,11-13H2,1-3H3,(H2,29,32)(H2,30,31,35)/p+1. The van der Waals surface area contributed by atoms with Crippen molar-refractivity contribution in [3.63, 3.8) is 0 Å². The fourth-order valence-corrected chi connectivity index (χ4v) is 4.05. The van der Waals surface area contributed by atoms with E-state index in [1.807, 2.05) is 20.8 Å². The molecule has 0 aromatic heterocycles. The van der Waals surface area contributed by atoms with Crippen LogP contribution >= 0.6 is 0 Å². The van der Waals surface area contributed by atoms with Crippen LogP contribution < -0.4 is 21.4 Å². The van der Waals surface area contributed by atoms with Gasteiger partial charge in [-0.05, 0) is 48.6 Å². The van der Waals surface area contributed by atoms with Crippen LogP contribution in [-0.4, -0.2) is 28.3 Å². The average molecular weight is 495 g/mol. The summed E-state index contributed by atoms with van der Waals surface area (Å²) >= 11 is 0. The number of urea groups is 1. The minimum Gasteiger partial charge on any atom is -0.334 e. The van der Waals surface area contributed by atoms with Gasteiger partial charge in [0.15, 0.2) is 5.54 Å². The number of benzene rings is 2. The lowest BCUT2D eigenvalue weighted by Gasteiger charge is -2.20. The first-order valence-corrected chi connectivity index (χ1v) is 11.0. The highest BCUT2D eigenvalue weighted by Gasteiger charge is 2.48. The Hall–Kier alpha value is -3.63. The highest BCUT2D eigenvalue weighted by molar-refractivity contribution is 6.01. The third-order valence-electron chi connectivity index (χ3n) is 5.57. The number of anilines is 1. The van der Waals surface area contributed by atoms with Crippen LogP contribution in [0.15, 0.2) is 42.5 Å². The molecule has 0 radical (unpaired) electrons. The zero-order chi connectivity index (χ0) is 26.0. The molecule has 2 aromatic rings. The molecule has 11 heteroatoms. The van der Waals surface area contributed by atoms with E-state index in [9.17, 15) is 27.2 Å². The van der Waals surface area contributed by atoms with Gasteiger partial charge in [0.05, 0.1) is 5.56 Å². The molecule has 1 aliphatic rings. The highest BCUT2D eigenvalue weighted by Crippen LogP contribution is 2.33. The largest absolute Gasteiger partial charge is 0.419 e. The maximum Gasteiger partial charge on any atom is 0.419 e. The van der Waals surface area contributed by atoms with Crippen molar-refractivity contribution in [2.75, 3.05) is 5.32 Å². The van der Waals surface area contributed by atoms with Gasteiger partial charge in [0.1, 0.15) is 12.4 Å². The lowest BCUT2D eigenvalue weighted by molar-refractivity contribution is -0.527. The van der Waals surface area contributed by atoms with Crippen molar-refractivity contribution >= 4 is 23.6 Å². The van der Waals surface area contributed by atoms with Crippen LogP contribution in [0.25, 0.3) is 0 Å². The van der Waals surface area contributed by atoms with Gasteiger partial charge in [-0.2, -0.15) is 18.1 Å². The topological polar surface area (TPSA) is 101 Å². The maximum atomic E-state index is 13.4. The Kier molecular flexibility index (Phi) is 7.37. The van der Waals surface area contributed by atoms with Crippen molar-refractivity contribution in [3.8, 4) is 0 Å². The molecule has 3 amide bonds. The monoisotopic (exact) mass is 494 g/mol. The summed E-state index contributed by atoms with van der Waals surface area (Å²) < 4.78 is 51.9. The number of nitrogens with one attached hydrogen (secondary N) is 3. The van der Waals surface area contributed by atoms with Gasteiger partial charge in [-0.15, -0.1) is 0 Å². The fraction of sp³-hybridized carbons (Fsp3) is 0.375. The molecule has 1 atom stereocenters. The third-order valence-corrected chi connectivity index (χ3v) is 5.57. The van der Waals surface area contributed by atoms with E-state index in [-0.39, 0.29) is 24.7 Å². The molecule has 0 spiro atoms. The van der Waals surface area contributed by atoms with Crippen molar-refractivity contribution in [1.29, 1.82) is 0 Å². The Morgan fingerprint density at radius 1 is 1.14 bits per heavy atom. The Morgan fingerprint density at radius 2 is 1.77 bits per heavy atom. The van der Waals surface area contributed by atoms with Gasteiger partial charge in [-0.25, -0.2) is 9.18 Å².